The molecule has 0 spiro atoms. The summed E-state index contributed by atoms with van der Waals surface area (Å²) in [5.74, 6) is 1.13. The Bertz CT molecular complexity index is 112. The van der Waals surface area contributed by atoms with Crippen molar-refractivity contribution in [3.63, 3.8) is 0 Å². The topological polar surface area (TPSA) is 35.2 Å². The fraction of sp³-hybridized carbons (Fsp3) is 1.00. The van der Waals surface area contributed by atoms with Gasteiger partial charge in [-0.15, -0.1) is 0 Å². The molecule has 0 saturated carbocycles. The molecular formula is C8H18BrNOSSn. The molecule has 0 aliphatic carbocycles. The molecule has 13 heavy (non-hydrogen) atoms. The van der Waals surface area contributed by atoms with Crippen LogP contribution in [0.3, 0.4) is 0 Å². The second-order valence-electron chi connectivity index (χ2n) is 2.99. The average Bonchev–Trinajstić information content (AvgIpc) is 2.04. The van der Waals surface area contributed by atoms with Crippen molar-refractivity contribution >= 4 is 43.8 Å². The van der Waals surface area contributed by atoms with E-state index in [-0.39, 0.29) is 0 Å². The van der Waals surface area contributed by atoms with Crippen molar-refractivity contribution in [2.24, 2.45) is 5.73 Å². The van der Waals surface area contributed by atoms with E-state index in [1.807, 2.05) is 11.8 Å². The van der Waals surface area contributed by atoms with E-state index in [1.165, 1.54) is 6.42 Å². The van der Waals surface area contributed by atoms with Crippen LogP contribution in [0.1, 0.15) is 33.1 Å². The van der Waals surface area contributed by atoms with Gasteiger partial charge >= 0.3 is 103 Å². The van der Waals surface area contributed by atoms with E-state index in [4.69, 9.17) is 8.81 Å². The van der Waals surface area contributed by atoms with Crippen LogP contribution in [0.25, 0.3) is 0 Å². The standard InChI is InChI=1S/C8H18NOS.BrH.Sn/c1-3-11-8(10)6-4-5-7(2)9;;/h7-8H,3-6,9H2,1-2H3;1H;/q-1;;+2/p-1. The van der Waals surface area contributed by atoms with E-state index in [0.29, 0.717) is 11.5 Å². The zero-order valence-corrected chi connectivity index (χ0v) is 13.5. The first-order chi connectivity index (χ1) is 6.20. The molecule has 2 N–H and O–H groups in total. The second kappa shape index (κ2) is 10.1. The average molecular weight is 375 g/mol. The second-order valence-corrected chi connectivity index (χ2v) is 7.71. The molecule has 2 nitrogen and oxygen atoms in total. The molecule has 0 aliphatic heterocycles. The van der Waals surface area contributed by atoms with Gasteiger partial charge in [0.15, 0.2) is 0 Å². The normalized spacial score (nSPS) is 15.7. The van der Waals surface area contributed by atoms with Crippen LogP contribution < -0.4 is 5.73 Å². The van der Waals surface area contributed by atoms with Gasteiger partial charge in [-0.05, 0) is 0 Å². The van der Waals surface area contributed by atoms with Gasteiger partial charge in [-0.1, -0.05) is 0 Å². The van der Waals surface area contributed by atoms with E-state index < -0.39 is 19.3 Å². The summed E-state index contributed by atoms with van der Waals surface area (Å²) in [4.78, 5) is 0. The zero-order valence-electron chi connectivity index (χ0n) is 8.25. The van der Waals surface area contributed by atoms with Gasteiger partial charge in [0, 0.05) is 0 Å². The molecule has 5 heteroatoms. The van der Waals surface area contributed by atoms with Crippen LogP contribution in [0.15, 0.2) is 0 Å². The van der Waals surface area contributed by atoms with Gasteiger partial charge < -0.3 is 0 Å². The molecule has 2 unspecified atom stereocenters. The Morgan fingerprint density at radius 3 is 2.69 bits per heavy atom. The SMILES string of the molecule is CCSC(CCCC(C)N)[O][Sn][Br]. The number of hydrogen-bond acceptors (Lipinski definition) is 3. The van der Waals surface area contributed by atoms with Gasteiger partial charge in [0.2, 0.25) is 0 Å². The maximum absolute atomic E-state index is 5.68. The maximum atomic E-state index is 5.68. The molecule has 0 aromatic carbocycles. The summed E-state index contributed by atoms with van der Waals surface area (Å²) >= 11 is 4.67. The molecule has 0 aromatic rings. The van der Waals surface area contributed by atoms with E-state index in [0.717, 1.165) is 18.6 Å². The van der Waals surface area contributed by atoms with E-state index in [1.54, 1.807) is 0 Å². The van der Waals surface area contributed by atoms with Crippen LogP contribution in [0.2, 0.25) is 0 Å². The van der Waals surface area contributed by atoms with Gasteiger partial charge in [0.1, 0.15) is 0 Å². The number of thioether (sulfide) groups is 1. The van der Waals surface area contributed by atoms with Crippen LogP contribution in [0.4, 0.5) is 0 Å². The summed E-state index contributed by atoms with van der Waals surface area (Å²) in [5.41, 5.74) is 6.09. The molecule has 2 radical (unpaired) electrons. The van der Waals surface area contributed by atoms with Crippen molar-refractivity contribution in [3.05, 3.63) is 0 Å². The van der Waals surface area contributed by atoms with Crippen LogP contribution in [0, 0.1) is 0 Å². The fourth-order valence-corrected chi connectivity index (χ4v) is 5.66. The number of rotatable bonds is 8. The minimum absolute atomic E-state index is 0.330. The Balaban J connectivity index is 3.44. The molecule has 0 amide bonds. The molecule has 0 rings (SSSR count). The summed E-state index contributed by atoms with van der Waals surface area (Å²) in [6.45, 7) is 4.23. The van der Waals surface area contributed by atoms with Gasteiger partial charge in [0.05, 0.1) is 0 Å². The predicted octanol–water partition coefficient (Wildman–Crippen LogP) is 2.53. The van der Waals surface area contributed by atoms with Crippen LogP contribution in [-0.2, 0) is 3.07 Å². The van der Waals surface area contributed by atoms with Gasteiger partial charge in [-0.3, -0.25) is 0 Å². The third-order valence-corrected chi connectivity index (χ3v) is 5.47. The molecule has 0 aliphatic rings. The van der Waals surface area contributed by atoms with Crippen LogP contribution in [0.5, 0.6) is 0 Å². The van der Waals surface area contributed by atoms with E-state index in [9.17, 15) is 0 Å². The third kappa shape index (κ3) is 9.84. The number of hydrogen-bond donors (Lipinski definition) is 1. The molecular weight excluding hydrogens is 357 g/mol. The quantitative estimate of drug-likeness (QED) is 0.524. The molecule has 78 valence electrons. The van der Waals surface area contributed by atoms with Gasteiger partial charge in [-0.25, -0.2) is 0 Å². The molecule has 0 fully saturated rings. The first-order valence-corrected chi connectivity index (χ1v) is 13.2. The molecule has 0 bridgehead atoms. The van der Waals surface area contributed by atoms with Crippen molar-refractivity contribution in [2.75, 3.05) is 5.75 Å². The first kappa shape index (κ1) is 14.5. The van der Waals surface area contributed by atoms with E-state index >= 15 is 0 Å². The van der Waals surface area contributed by atoms with Crippen LogP contribution >= 0.6 is 24.5 Å². The summed E-state index contributed by atoms with van der Waals surface area (Å²) in [5, 5.41) is 0. The van der Waals surface area contributed by atoms with Crippen molar-refractivity contribution in [3.8, 4) is 0 Å². The molecule has 0 heterocycles. The number of nitrogens with two attached hydrogens (primary N) is 1. The minimum atomic E-state index is -0.680. The molecule has 0 saturated heterocycles. The first-order valence-electron chi connectivity index (χ1n) is 4.59. The Morgan fingerprint density at radius 1 is 1.54 bits per heavy atom. The monoisotopic (exact) mass is 375 g/mol. The Kier molecular flexibility index (Phi) is 11.3. The van der Waals surface area contributed by atoms with Gasteiger partial charge in [0.25, 0.3) is 0 Å². The van der Waals surface area contributed by atoms with Crippen molar-refractivity contribution in [2.45, 2.75) is 44.6 Å². The number of halogens is 1. The van der Waals surface area contributed by atoms with Crippen molar-refractivity contribution < 1.29 is 3.07 Å². The summed E-state index contributed by atoms with van der Waals surface area (Å²) < 4.78 is 5.67. The fourth-order valence-electron chi connectivity index (χ4n) is 1.02. The Labute approximate surface area is 102 Å². The van der Waals surface area contributed by atoms with Crippen molar-refractivity contribution in [1.29, 1.82) is 0 Å². The van der Waals surface area contributed by atoms with Gasteiger partial charge in [-0.2, -0.15) is 0 Å². The molecule has 0 aromatic heterocycles. The third-order valence-electron chi connectivity index (χ3n) is 1.63. The Morgan fingerprint density at radius 2 is 2.23 bits per heavy atom. The summed E-state index contributed by atoms with van der Waals surface area (Å²) in [6, 6.07) is 0.330. The summed E-state index contributed by atoms with van der Waals surface area (Å²) in [6.07, 6.45) is 3.44. The predicted molar refractivity (Wildman–Crippen MR) is 65.2 cm³/mol. The molecule has 2 atom stereocenters. The summed E-state index contributed by atoms with van der Waals surface area (Å²) in [7, 11) is 0. The van der Waals surface area contributed by atoms with Crippen molar-refractivity contribution in [1.82, 2.24) is 0 Å². The van der Waals surface area contributed by atoms with Crippen LogP contribution in [-0.4, -0.2) is 36.6 Å². The zero-order chi connectivity index (χ0) is 10.1. The Hall–Kier alpha value is 1.55. The van der Waals surface area contributed by atoms with E-state index in [2.05, 4.69) is 26.6 Å².